The lowest BCUT2D eigenvalue weighted by atomic mass is 10.3. The van der Waals surface area contributed by atoms with Gasteiger partial charge >= 0.3 is 6.36 Å². The summed E-state index contributed by atoms with van der Waals surface area (Å²) in [7, 11) is 0. The van der Waals surface area contributed by atoms with Crippen LogP contribution >= 0.6 is 23.1 Å². The van der Waals surface area contributed by atoms with Crippen molar-refractivity contribution in [1.29, 1.82) is 0 Å². The number of thiazole rings is 1. The summed E-state index contributed by atoms with van der Waals surface area (Å²) in [6.07, 6.45) is -4.73. The molecular weight excluding hydrogens is 349 g/mol. The van der Waals surface area contributed by atoms with E-state index in [1.54, 1.807) is 6.92 Å². The molecule has 124 valence electrons. The minimum absolute atomic E-state index is 0.257. The first-order valence-corrected chi connectivity index (χ1v) is 8.24. The second-order valence-corrected chi connectivity index (χ2v) is 7.02. The van der Waals surface area contributed by atoms with Gasteiger partial charge in [0.25, 0.3) is 0 Å². The van der Waals surface area contributed by atoms with E-state index in [1.807, 2.05) is 12.3 Å². The Balaban J connectivity index is 1.91. The fraction of sp³-hybridized carbons (Fsp3) is 0.286. The number of hydrogen-bond acceptors (Lipinski definition) is 5. The molecule has 0 aliphatic heterocycles. The summed E-state index contributed by atoms with van der Waals surface area (Å²) in [5.74, 6) is -0.594. The molecule has 23 heavy (non-hydrogen) atoms. The van der Waals surface area contributed by atoms with Gasteiger partial charge in [0.2, 0.25) is 5.91 Å². The Kier molecular flexibility index (Phi) is 5.53. The number of benzene rings is 1. The van der Waals surface area contributed by atoms with Crippen LogP contribution in [0.5, 0.6) is 5.75 Å². The van der Waals surface area contributed by atoms with Crippen LogP contribution in [-0.2, 0) is 4.79 Å². The fourth-order valence-electron chi connectivity index (χ4n) is 1.58. The van der Waals surface area contributed by atoms with Crippen LogP contribution in [0.3, 0.4) is 0 Å². The van der Waals surface area contributed by atoms with Crippen molar-refractivity contribution in [3.8, 4) is 5.75 Å². The van der Waals surface area contributed by atoms with Crippen LogP contribution in [0.15, 0.2) is 34.0 Å². The zero-order chi connectivity index (χ0) is 17.0. The summed E-state index contributed by atoms with van der Waals surface area (Å²) in [6, 6.07) is 4.99. The zero-order valence-electron chi connectivity index (χ0n) is 12.2. The average molecular weight is 362 g/mol. The number of amides is 1. The van der Waals surface area contributed by atoms with Crippen molar-refractivity contribution in [1.82, 2.24) is 4.98 Å². The van der Waals surface area contributed by atoms with Crippen molar-refractivity contribution >= 4 is 34.7 Å². The van der Waals surface area contributed by atoms with Crippen LogP contribution in [0, 0.1) is 6.92 Å². The molecule has 1 aromatic heterocycles. The third-order valence-electron chi connectivity index (χ3n) is 2.60. The predicted molar refractivity (Wildman–Crippen MR) is 83.9 cm³/mol. The van der Waals surface area contributed by atoms with Gasteiger partial charge in [-0.05, 0) is 38.1 Å². The molecule has 0 saturated carbocycles. The first kappa shape index (κ1) is 17.6. The van der Waals surface area contributed by atoms with Gasteiger partial charge in [-0.1, -0.05) is 11.8 Å². The number of nitrogens with zero attached hydrogens (tertiary/aromatic N) is 1. The van der Waals surface area contributed by atoms with Crippen LogP contribution in [-0.4, -0.2) is 22.5 Å². The van der Waals surface area contributed by atoms with E-state index in [4.69, 9.17) is 0 Å². The maximum absolute atomic E-state index is 12.1. The van der Waals surface area contributed by atoms with E-state index in [2.05, 4.69) is 15.0 Å². The summed E-state index contributed by atoms with van der Waals surface area (Å²) in [6.45, 7) is 3.60. The summed E-state index contributed by atoms with van der Waals surface area (Å²) >= 11 is 2.78. The van der Waals surface area contributed by atoms with Crippen molar-refractivity contribution in [2.24, 2.45) is 0 Å². The van der Waals surface area contributed by atoms with Crippen LogP contribution in [0.4, 0.5) is 18.9 Å². The van der Waals surface area contributed by atoms with Gasteiger partial charge in [-0.3, -0.25) is 4.79 Å². The molecule has 0 aliphatic carbocycles. The van der Waals surface area contributed by atoms with E-state index in [1.165, 1.54) is 35.2 Å². The van der Waals surface area contributed by atoms with E-state index in [0.29, 0.717) is 5.69 Å². The lowest BCUT2D eigenvalue weighted by Gasteiger charge is -2.12. The predicted octanol–water partition coefficient (Wildman–Crippen LogP) is 4.47. The summed E-state index contributed by atoms with van der Waals surface area (Å²) in [5, 5.41) is 4.15. The van der Waals surface area contributed by atoms with Gasteiger partial charge < -0.3 is 10.1 Å². The molecule has 0 fully saturated rings. The van der Waals surface area contributed by atoms with Gasteiger partial charge in [0, 0.05) is 16.8 Å². The number of anilines is 1. The van der Waals surface area contributed by atoms with Gasteiger partial charge in [-0.15, -0.1) is 24.5 Å². The van der Waals surface area contributed by atoms with Crippen LogP contribution in [0.25, 0.3) is 0 Å². The topological polar surface area (TPSA) is 51.2 Å². The highest BCUT2D eigenvalue weighted by Gasteiger charge is 2.31. The summed E-state index contributed by atoms with van der Waals surface area (Å²) in [4.78, 5) is 16.3. The Labute approximate surface area is 139 Å². The Morgan fingerprint density at radius 1 is 1.35 bits per heavy atom. The van der Waals surface area contributed by atoms with Crippen molar-refractivity contribution in [3.63, 3.8) is 0 Å². The third kappa shape index (κ3) is 5.76. The van der Waals surface area contributed by atoms with Crippen molar-refractivity contribution in [2.75, 3.05) is 5.32 Å². The first-order valence-electron chi connectivity index (χ1n) is 6.48. The second kappa shape index (κ2) is 7.22. The molecule has 4 nitrogen and oxygen atoms in total. The molecule has 1 heterocycles. The molecule has 0 aliphatic rings. The molecule has 1 N–H and O–H groups in total. The maximum Gasteiger partial charge on any atom is 0.573 e. The number of nitrogens with one attached hydrogen (secondary N) is 1. The lowest BCUT2D eigenvalue weighted by Crippen LogP contribution is -2.22. The van der Waals surface area contributed by atoms with Gasteiger partial charge in [-0.25, -0.2) is 4.98 Å². The van der Waals surface area contributed by atoms with Crippen molar-refractivity contribution in [2.45, 2.75) is 29.8 Å². The number of halogens is 3. The lowest BCUT2D eigenvalue weighted by molar-refractivity contribution is -0.274. The van der Waals surface area contributed by atoms with Crippen molar-refractivity contribution < 1.29 is 22.7 Å². The summed E-state index contributed by atoms with van der Waals surface area (Å²) < 4.78 is 40.8. The molecule has 1 atom stereocenters. The number of thioether (sulfide) groups is 1. The van der Waals surface area contributed by atoms with E-state index < -0.39 is 6.36 Å². The SMILES string of the molecule is Cc1csc(S[C@@H](C)C(=O)Nc2ccc(OC(F)(F)F)cc2)n1. The van der Waals surface area contributed by atoms with Gasteiger partial charge in [0.1, 0.15) is 5.75 Å². The van der Waals surface area contributed by atoms with E-state index in [0.717, 1.165) is 22.2 Å². The molecule has 0 radical (unpaired) electrons. The summed E-state index contributed by atoms with van der Waals surface area (Å²) in [5.41, 5.74) is 1.29. The van der Waals surface area contributed by atoms with Crippen LogP contribution < -0.4 is 10.1 Å². The standard InChI is InChI=1S/C14H13F3N2O2S2/c1-8-7-22-13(18-8)23-9(2)12(20)19-10-3-5-11(6-4-10)21-14(15,16)17/h3-7,9H,1-2H3,(H,19,20)/t9-/m0/s1. The van der Waals surface area contributed by atoms with E-state index in [-0.39, 0.29) is 16.9 Å². The number of aryl methyl sites for hydroxylation is 1. The zero-order valence-corrected chi connectivity index (χ0v) is 13.8. The number of hydrogen-bond donors (Lipinski definition) is 1. The highest BCUT2D eigenvalue weighted by Crippen LogP contribution is 2.28. The smallest absolute Gasteiger partial charge is 0.406 e. The second-order valence-electron chi connectivity index (χ2n) is 4.58. The molecule has 1 amide bonds. The van der Waals surface area contributed by atoms with Gasteiger partial charge in [0.15, 0.2) is 4.34 Å². The molecule has 0 bridgehead atoms. The number of aromatic nitrogens is 1. The Hall–Kier alpha value is -1.74. The molecule has 0 unspecified atom stereocenters. The molecule has 0 spiro atoms. The average Bonchev–Trinajstić information content (AvgIpc) is 2.84. The number of alkyl halides is 3. The Bertz CT molecular complexity index is 671. The molecular formula is C14H13F3N2O2S2. The monoisotopic (exact) mass is 362 g/mol. The molecule has 2 aromatic rings. The largest absolute Gasteiger partial charge is 0.573 e. The number of rotatable bonds is 5. The van der Waals surface area contributed by atoms with Gasteiger partial charge in [-0.2, -0.15) is 0 Å². The van der Waals surface area contributed by atoms with Crippen LogP contribution in [0.1, 0.15) is 12.6 Å². The third-order valence-corrected chi connectivity index (χ3v) is 4.79. The quantitative estimate of drug-likeness (QED) is 0.798. The molecule has 1 aromatic carbocycles. The Morgan fingerprint density at radius 3 is 2.52 bits per heavy atom. The Morgan fingerprint density at radius 2 is 2.00 bits per heavy atom. The van der Waals surface area contributed by atoms with Crippen molar-refractivity contribution in [3.05, 3.63) is 35.3 Å². The van der Waals surface area contributed by atoms with E-state index >= 15 is 0 Å². The molecule has 2 rings (SSSR count). The van der Waals surface area contributed by atoms with Crippen LogP contribution in [0.2, 0.25) is 0 Å². The normalized spacial score (nSPS) is 12.7. The number of carbonyl (C=O) groups excluding carboxylic acids is 1. The molecule has 9 heteroatoms. The number of carbonyl (C=O) groups is 1. The molecule has 0 saturated heterocycles. The van der Waals surface area contributed by atoms with Gasteiger partial charge in [0.05, 0.1) is 5.25 Å². The number of ether oxygens (including phenoxy) is 1. The fourth-order valence-corrected chi connectivity index (χ4v) is 3.56. The minimum Gasteiger partial charge on any atom is -0.406 e. The minimum atomic E-state index is -4.73. The van der Waals surface area contributed by atoms with E-state index in [9.17, 15) is 18.0 Å². The highest BCUT2D eigenvalue weighted by molar-refractivity contribution is 8.02. The first-order chi connectivity index (χ1) is 10.7. The maximum atomic E-state index is 12.1. The highest BCUT2D eigenvalue weighted by atomic mass is 32.2.